The van der Waals surface area contributed by atoms with Crippen LogP contribution in [0.5, 0.6) is 5.75 Å². The van der Waals surface area contributed by atoms with E-state index in [-0.39, 0.29) is 5.41 Å². The van der Waals surface area contributed by atoms with Gasteiger partial charge in [0.1, 0.15) is 5.75 Å². The van der Waals surface area contributed by atoms with Gasteiger partial charge in [-0.25, -0.2) is 0 Å². The molecule has 0 saturated heterocycles. The van der Waals surface area contributed by atoms with Gasteiger partial charge in [0.2, 0.25) is 0 Å². The zero-order valence-electron chi connectivity index (χ0n) is 21.4. The highest BCUT2D eigenvalue weighted by Crippen LogP contribution is 2.29. The summed E-state index contributed by atoms with van der Waals surface area (Å²) >= 11 is 0. The van der Waals surface area contributed by atoms with Crippen LogP contribution >= 0.6 is 0 Å². The predicted molar refractivity (Wildman–Crippen MR) is 140 cm³/mol. The summed E-state index contributed by atoms with van der Waals surface area (Å²) in [6.07, 6.45) is 2.21. The molecule has 0 aliphatic rings. The molecule has 0 fully saturated rings. The number of benzene rings is 2. The van der Waals surface area contributed by atoms with Crippen LogP contribution in [0.25, 0.3) is 23.1 Å². The van der Waals surface area contributed by atoms with Crippen molar-refractivity contribution in [2.24, 2.45) is 0 Å². The lowest BCUT2D eigenvalue weighted by Crippen LogP contribution is -2.22. The van der Waals surface area contributed by atoms with E-state index in [4.69, 9.17) is 9.84 Å². The Morgan fingerprint density at radius 1 is 1.00 bits per heavy atom. The van der Waals surface area contributed by atoms with Crippen molar-refractivity contribution < 1.29 is 4.74 Å². The fourth-order valence-corrected chi connectivity index (χ4v) is 4.35. The Hall–Kier alpha value is -3.41. The van der Waals surface area contributed by atoms with Gasteiger partial charge in [-0.15, -0.1) is 10.2 Å². The minimum absolute atomic E-state index is 0.154. The topological polar surface area (TPSA) is 55.6 Å². The van der Waals surface area contributed by atoms with Crippen molar-refractivity contribution in [3.05, 3.63) is 64.5 Å². The van der Waals surface area contributed by atoms with E-state index in [1.807, 2.05) is 35.7 Å². The van der Waals surface area contributed by atoms with E-state index in [0.717, 1.165) is 46.5 Å². The van der Waals surface area contributed by atoms with Crippen molar-refractivity contribution in [1.82, 2.24) is 19.8 Å². The summed E-state index contributed by atoms with van der Waals surface area (Å²) in [6.45, 7) is 17.6. The standard InChI is InChI=1S/C28H35N5O/c1-8-32(9-2)21-16-15-20(19(4)17-21)18-23-25(28(5,6)7)31-33-26(29-30-27(23)33)22-13-11-12-14-24(22)34-10-3/h11-18H,8-10H2,1-7H3. The largest absolute Gasteiger partial charge is 0.493 e. The van der Waals surface area contributed by atoms with Crippen LogP contribution in [-0.2, 0) is 5.41 Å². The fourth-order valence-electron chi connectivity index (χ4n) is 4.35. The van der Waals surface area contributed by atoms with E-state index < -0.39 is 0 Å². The smallest absolute Gasteiger partial charge is 0.189 e. The number of nitrogens with zero attached hydrogens (tertiary/aromatic N) is 5. The van der Waals surface area contributed by atoms with Crippen LogP contribution in [0.15, 0.2) is 42.5 Å². The lowest BCUT2D eigenvalue weighted by atomic mass is 9.90. The molecular formula is C28H35N5O. The molecule has 0 saturated carbocycles. The van der Waals surface area contributed by atoms with E-state index in [1.165, 1.54) is 11.3 Å². The molecule has 6 nitrogen and oxygen atoms in total. The molecule has 2 aromatic carbocycles. The Bertz CT molecular complexity index is 1350. The van der Waals surface area contributed by atoms with Gasteiger partial charge in [0, 0.05) is 29.4 Å². The average molecular weight is 458 g/mol. The lowest BCUT2D eigenvalue weighted by molar-refractivity contribution is 0.341. The zero-order chi connectivity index (χ0) is 24.5. The highest BCUT2D eigenvalue weighted by molar-refractivity contribution is 5.69. The maximum absolute atomic E-state index is 5.85. The molecule has 2 aromatic heterocycles. The summed E-state index contributed by atoms with van der Waals surface area (Å²) < 4.78 is 7.72. The van der Waals surface area contributed by atoms with E-state index >= 15 is 0 Å². The van der Waals surface area contributed by atoms with Gasteiger partial charge in [-0.1, -0.05) is 39.0 Å². The molecular weight excluding hydrogens is 422 g/mol. The summed E-state index contributed by atoms with van der Waals surface area (Å²) in [7, 11) is 0. The van der Waals surface area contributed by atoms with Crippen LogP contribution in [-0.4, -0.2) is 39.5 Å². The first-order valence-corrected chi connectivity index (χ1v) is 12.1. The fraction of sp³-hybridized carbons (Fsp3) is 0.393. The van der Waals surface area contributed by atoms with Crippen LogP contribution in [0.4, 0.5) is 5.69 Å². The molecule has 34 heavy (non-hydrogen) atoms. The van der Waals surface area contributed by atoms with Gasteiger partial charge in [-0.2, -0.15) is 9.61 Å². The number of aromatic nitrogens is 4. The third-order valence-electron chi connectivity index (χ3n) is 6.16. The highest BCUT2D eigenvalue weighted by Gasteiger charge is 2.25. The molecule has 4 aromatic rings. The molecule has 0 unspecified atom stereocenters. The molecule has 0 bridgehead atoms. The Labute approximate surface area is 202 Å². The van der Waals surface area contributed by atoms with Crippen molar-refractivity contribution in [3.63, 3.8) is 0 Å². The monoisotopic (exact) mass is 457 g/mol. The van der Waals surface area contributed by atoms with E-state index in [1.54, 1.807) is 0 Å². The number of rotatable bonds is 7. The van der Waals surface area contributed by atoms with Crippen LogP contribution in [0.1, 0.15) is 58.4 Å². The normalized spacial score (nSPS) is 12.5. The number of ether oxygens (including phenoxy) is 1. The molecule has 0 N–H and O–H groups in total. The van der Waals surface area contributed by atoms with Crippen LogP contribution < -0.4 is 14.9 Å². The van der Waals surface area contributed by atoms with Crippen LogP contribution in [0, 0.1) is 6.92 Å². The number of aryl methyl sites for hydroxylation is 1. The molecule has 0 aliphatic heterocycles. The highest BCUT2D eigenvalue weighted by atomic mass is 16.5. The molecule has 0 atom stereocenters. The van der Waals surface area contributed by atoms with Gasteiger partial charge >= 0.3 is 0 Å². The Balaban J connectivity index is 1.91. The van der Waals surface area contributed by atoms with E-state index in [9.17, 15) is 0 Å². The molecule has 0 aliphatic carbocycles. The Morgan fingerprint density at radius 2 is 1.74 bits per heavy atom. The van der Waals surface area contributed by atoms with Crippen molar-refractivity contribution in [3.8, 4) is 17.1 Å². The molecule has 0 spiro atoms. The maximum atomic E-state index is 5.85. The van der Waals surface area contributed by atoms with Gasteiger partial charge in [0.15, 0.2) is 11.5 Å². The quantitative estimate of drug-likeness (QED) is 0.382. The molecule has 6 heteroatoms. The third-order valence-corrected chi connectivity index (χ3v) is 6.16. The predicted octanol–water partition coefficient (Wildman–Crippen LogP) is 5.19. The molecule has 4 rings (SSSR count). The van der Waals surface area contributed by atoms with Gasteiger partial charge in [0.25, 0.3) is 0 Å². The second-order valence-corrected chi connectivity index (χ2v) is 9.56. The van der Waals surface area contributed by atoms with Gasteiger partial charge in [-0.05, 0) is 69.2 Å². The Kier molecular flexibility index (Phi) is 6.60. The average Bonchev–Trinajstić information content (AvgIpc) is 3.37. The first-order chi connectivity index (χ1) is 16.3. The summed E-state index contributed by atoms with van der Waals surface area (Å²) in [6, 6.07) is 14.6. The van der Waals surface area contributed by atoms with E-state index in [2.05, 4.69) is 80.9 Å². The van der Waals surface area contributed by atoms with Gasteiger partial charge < -0.3 is 9.64 Å². The van der Waals surface area contributed by atoms with Gasteiger partial charge in [0.05, 0.1) is 17.9 Å². The minimum Gasteiger partial charge on any atom is -0.493 e. The van der Waals surface area contributed by atoms with E-state index in [0.29, 0.717) is 12.4 Å². The summed E-state index contributed by atoms with van der Waals surface area (Å²) in [5.74, 6) is 1.48. The molecule has 0 radical (unpaired) electrons. The number of hydrogen-bond acceptors (Lipinski definition) is 5. The first-order valence-electron chi connectivity index (χ1n) is 12.1. The lowest BCUT2D eigenvalue weighted by Gasteiger charge is -2.22. The zero-order valence-corrected chi connectivity index (χ0v) is 21.4. The maximum Gasteiger partial charge on any atom is 0.189 e. The van der Waals surface area contributed by atoms with Gasteiger partial charge in [-0.3, -0.25) is 0 Å². The summed E-state index contributed by atoms with van der Waals surface area (Å²) in [5.41, 5.74) is 6.14. The molecule has 2 heterocycles. The van der Waals surface area contributed by atoms with Crippen molar-refractivity contribution in [2.75, 3.05) is 24.6 Å². The second-order valence-electron chi connectivity index (χ2n) is 9.56. The number of fused-ring (bicyclic) bond motifs is 1. The van der Waals surface area contributed by atoms with Crippen LogP contribution in [0.2, 0.25) is 0 Å². The number of para-hydroxylation sites is 1. The Morgan fingerprint density at radius 3 is 2.38 bits per heavy atom. The van der Waals surface area contributed by atoms with Crippen molar-refractivity contribution in [1.29, 1.82) is 0 Å². The second kappa shape index (κ2) is 9.45. The van der Waals surface area contributed by atoms with Crippen molar-refractivity contribution >= 4 is 17.4 Å². The SMILES string of the molecule is CCOc1ccccc1-c1nnc2c(=Cc3ccc(N(CC)CC)cc3C)c(C(C)(C)C)nn12. The molecule has 178 valence electrons. The molecule has 0 amide bonds. The number of hydrogen-bond donors (Lipinski definition) is 0. The van der Waals surface area contributed by atoms with Crippen LogP contribution in [0.3, 0.4) is 0 Å². The van der Waals surface area contributed by atoms with Crippen molar-refractivity contribution in [2.45, 2.75) is 53.9 Å². The number of anilines is 1. The first kappa shape index (κ1) is 23.7. The summed E-state index contributed by atoms with van der Waals surface area (Å²) in [5, 5.41) is 15.1. The third kappa shape index (κ3) is 4.37. The summed E-state index contributed by atoms with van der Waals surface area (Å²) in [4.78, 5) is 2.36. The minimum atomic E-state index is -0.154.